The van der Waals surface area contributed by atoms with Crippen molar-refractivity contribution < 1.29 is 9.18 Å². The van der Waals surface area contributed by atoms with Gasteiger partial charge < -0.3 is 5.73 Å². The third-order valence-electron chi connectivity index (χ3n) is 2.73. The summed E-state index contributed by atoms with van der Waals surface area (Å²) in [5.74, 6) is -1.80. The molecule has 0 saturated heterocycles. The molecule has 0 bridgehead atoms. The van der Waals surface area contributed by atoms with Gasteiger partial charge in [-0.05, 0) is 24.3 Å². The van der Waals surface area contributed by atoms with E-state index in [9.17, 15) is 9.18 Å². The van der Waals surface area contributed by atoms with E-state index in [0.717, 1.165) is 4.70 Å². The normalized spacial score (nSPS) is 10.8. The predicted molar refractivity (Wildman–Crippen MR) is 81.2 cm³/mol. The lowest BCUT2D eigenvalue weighted by Gasteiger charge is -2.03. The molecule has 0 atom stereocenters. The molecule has 5 nitrogen and oxygen atoms in total. The Morgan fingerprint density at radius 1 is 1.38 bits per heavy atom. The molecule has 8 heteroatoms. The first-order valence-corrected chi connectivity index (χ1v) is 7.01. The Labute approximate surface area is 127 Å². The van der Waals surface area contributed by atoms with Crippen molar-refractivity contribution in [3.63, 3.8) is 0 Å². The number of pyridine rings is 1. The average molecular weight is 323 g/mol. The van der Waals surface area contributed by atoms with Crippen LogP contribution in [0.5, 0.6) is 0 Å². The first-order chi connectivity index (χ1) is 10.0. The number of hydrogen-bond acceptors (Lipinski definition) is 5. The van der Waals surface area contributed by atoms with Crippen molar-refractivity contribution >= 4 is 50.0 Å². The predicted octanol–water partition coefficient (Wildman–Crippen LogP) is 3.32. The molecule has 0 saturated carbocycles. The van der Waals surface area contributed by atoms with Gasteiger partial charge in [-0.2, -0.15) is 0 Å². The van der Waals surface area contributed by atoms with Gasteiger partial charge in [-0.3, -0.25) is 10.1 Å². The van der Waals surface area contributed by atoms with Crippen molar-refractivity contribution in [3.8, 4) is 0 Å². The summed E-state index contributed by atoms with van der Waals surface area (Å²) in [5.41, 5.74) is 5.86. The zero-order valence-electron chi connectivity index (χ0n) is 10.4. The molecule has 3 rings (SSSR count). The van der Waals surface area contributed by atoms with Gasteiger partial charge in [0.1, 0.15) is 0 Å². The van der Waals surface area contributed by atoms with Crippen LogP contribution in [0.25, 0.3) is 10.2 Å². The highest BCUT2D eigenvalue weighted by Gasteiger charge is 2.16. The van der Waals surface area contributed by atoms with Gasteiger partial charge in [-0.1, -0.05) is 22.9 Å². The van der Waals surface area contributed by atoms with Gasteiger partial charge in [0.25, 0.3) is 5.91 Å². The van der Waals surface area contributed by atoms with Crippen LogP contribution in [0.15, 0.2) is 30.5 Å². The van der Waals surface area contributed by atoms with Crippen LogP contribution in [-0.4, -0.2) is 15.9 Å². The van der Waals surface area contributed by atoms with E-state index >= 15 is 0 Å². The van der Waals surface area contributed by atoms with Gasteiger partial charge >= 0.3 is 0 Å². The smallest absolute Gasteiger partial charge is 0.260 e. The molecule has 0 radical (unpaired) electrons. The molecule has 0 aliphatic rings. The molecular weight excluding hydrogens is 315 g/mol. The average Bonchev–Trinajstić information content (AvgIpc) is 2.83. The summed E-state index contributed by atoms with van der Waals surface area (Å²) in [7, 11) is 0. The molecule has 0 unspecified atom stereocenters. The van der Waals surface area contributed by atoms with E-state index < -0.39 is 11.7 Å². The number of carbonyl (C=O) groups is 1. The largest absolute Gasteiger partial charge is 0.381 e. The molecule has 0 aliphatic carbocycles. The monoisotopic (exact) mass is 322 g/mol. The Balaban J connectivity index is 1.91. The van der Waals surface area contributed by atoms with Crippen molar-refractivity contribution in [1.29, 1.82) is 0 Å². The fourth-order valence-electron chi connectivity index (χ4n) is 1.75. The highest BCUT2D eigenvalue weighted by atomic mass is 35.5. The van der Waals surface area contributed by atoms with Gasteiger partial charge in [-0.15, -0.1) is 0 Å². The first-order valence-electron chi connectivity index (χ1n) is 5.82. The van der Waals surface area contributed by atoms with Gasteiger partial charge in [-0.25, -0.2) is 14.4 Å². The molecule has 106 valence electrons. The summed E-state index contributed by atoms with van der Waals surface area (Å²) < 4.78 is 14.6. The van der Waals surface area contributed by atoms with Gasteiger partial charge in [0.15, 0.2) is 16.8 Å². The van der Waals surface area contributed by atoms with E-state index in [1.165, 1.54) is 23.6 Å². The van der Waals surface area contributed by atoms with Crippen molar-refractivity contribution in [2.75, 3.05) is 11.1 Å². The summed E-state index contributed by atoms with van der Waals surface area (Å²) in [6, 6.07) is 6.45. The third kappa shape index (κ3) is 2.65. The van der Waals surface area contributed by atoms with Crippen LogP contribution >= 0.6 is 22.9 Å². The minimum atomic E-state index is -0.848. The second-order valence-electron chi connectivity index (χ2n) is 4.14. The van der Waals surface area contributed by atoms with Gasteiger partial charge in [0, 0.05) is 11.2 Å². The molecule has 0 fully saturated rings. The number of nitrogens with zero attached hydrogens (tertiary/aromatic N) is 2. The van der Waals surface area contributed by atoms with Gasteiger partial charge in [0.05, 0.1) is 15.8 Å². The third-order valence-corrected chi connectivity index (χ3v) is 3.90. The topological polar surface area (TPSA) is 80.9 Å². The number of anilines is 2. The fraction of sp³-hybridized carbons (Fsp3) is 0. The number of carbonyl (C=O) groups excluding carboxylic acids is 1. The Bertz CT molecular complexity index is 851. The molecule has 2 aromatic heterocycles. The Kier molecular flexibility index (Phi) is 3.44. The lowest BCUT2D eigenvalue weighted by Crippen LogP contribution is -2.15. The molecule has 21 heavy (non-hydrogen) atoms. The summed E-state index contributed by atoms with van der Waals surface area (Å²) in [4.78, 5) is 19.8. The zero-order chi connectivity index (χ0) is 15.0. The number of amides is 1. The lowest BCUT2D eigenvalue weighted by molar-refractivity contribution is 0.102. The molecule has 1 aromatic carbocycles. The number of halogens is 2. The second kappa shape index (κ2) is 5.27. The Morgan fingerprint density at radius 2 is 2.19 bits per heavy atom. The number of hydrogen-bond donors (Lipinski definition) is 2. The van der Waals surface area contributed by atoms with Crippen molar-refractivity contribution in [2.45, 2.75) is 0 Å². The maximum atomic E-state index is 13.7. The van der Waals surface area contributed by atoms with E-state index in [1.807, 2.05) is 0 Å². The van der Waals surface area contributed by atoms with E-state index in [0.29, 0.717) is 15.7 Å². The maximum Gasteiger partial charge on any atom is 0.260 e. The van der Waals surface area contributed by atoms with Crippen molar-refractivity contribution in [1.82, 2.24) is 9.97 Å². The van der Waals surface area contributed by atoms with Crippen LogP contribution in [-0.2, 0) is 0 Å². The molecule has 3 aromatic rings. The highest BCUT2D eigenvalue weighted by molar-refractivity contribution is 7.22. The summed E-state index contributed by atoms with van der Waals surface area (Å²) in [6.07, 6.45) is 1.27. The Hall–Kier alpha value is -2.25. The molecule has 3 N–H and O–H groups in total. The summed E-state index contributed by atoms with van der Waals surface area (Å²) >= 11 is 7.14. The second-order valence-corrected chi connectivity index (χ2v) is 5.61. The number of rotatable bonds is 2. The van der Waals surface area contributed by atoms with Crippen LogP contribution in [0.1, 0.15) is 10.4 Å². The minimum Gasteiger partial charge on any atom is -0.381 e. The summed E-state index contributed by atoms with van der Waals surface area (Å²) in [5, 5.41) is 3.47. The van der Waals surface area contributed by atoms with Crippen molar-refractivity contribution in [2.24, 2.45) is 0 Å². The fourth-order valence-corrected chi connectivity index (χ4v) is 2.89. The standard InChI is InChI=1S/C13H8ClFN4OS/c14-6-1-2-8-9(5-6)21-13(18-8)19-12(20)7-3-4-17-11(16)10(7)15/h1-5H,(H2,16,17)(H,18,19,20). The Morgan fingerprint density at radius 3 is 3.00 bits per heavy atom. The molecule has 1 amide bonds. The van der Waals surface area contributed by atoms with E-state index in [-0.39, 0.29) is 11.4 Å². The molecular formula is C13H8ClFN4OS. The van der Waals surface area contributed by atoms with Gasteiger partial charge in [0.2, 0.25) is 0 Å². The number of thiazole rings is 1. The SMILES string of the molecule is Nc1nccc(C(=O)Nc2nc3ccc(Cl)cc3s2)c1F. The zero-order valence-corrected chi connectivity index (χ0v) is 12.0. The highest BCUT2D eigenvalue weighted by Crippen LogP contribution is 2.28. The van der Waals surface area contributed by atoms with Crippen molar-refractivity contribution in [3.05, 3.63) is 46.9 Å². The number of nitrogen functional groups attached to an aromatic ring is 1. The maximum absolute atomic E-state index is 13.7. The van der Waals surface area contributed by atoms with Crippen LogP contribution in [0.2, 0.25) is 5.02 Å². The van der Waals surface area contributed by atoms with E-state index in [2.05, 4.69) is 15.3 Å². The van der Waals surface area contributed by atoms with E-state index in [4.69, 9.17) is 17.3 Å². The lowest BCUT2D eigenvalue weighted by atomic mass is 10.2. The molecule has 0 aliphatic heterocycles. The number of fused-ring (bicyclic) bond motifs is 1. The number of aromatic nitrogens is 2. The van der Waals surface area contributed by atoms with Crippen LogP contribution < -0.4 is 11.1 Å². The minimum absolute atomic E-state index is 0.181. The first kappa shape index (κ1) is 13.7. The molecule has 0 spiro atoms. The van der Waals surface area contributed by atoms with Crippen LogP contribution in [0, 0.1) is 5.82 Å². The molecule has 2 heterocycles. The van der Waals surface area contributed by atoms with Crippen LogP contribution in [0.3, 0.4) is 0 Å². The summed E-state index contributed by atoms with van der Waals surface area (Å²) in [6.45, 7) is 0. The quantitative estimate of drug-likeness (QED) is 0.758. The van der Waals surface area contributed by atoms with E-state index in [1.54, 1.807) is 18.2 Å². The van der Waals surface area contributed by atoms with Crippen LogP contribution in [0.4, 0.5) is 15.3 Å². The number of benzene rings is 1. The number of nitrogens with two attached hydrogens (primary N) is 1. The number of nitrogens with one attached hydrogen (secondary N) is 1.